The summed E-state index contributed by atoms with van der Waals surface area (Å²) in [6.45, 7) is 4.58. The van der Waals surface area contributed by atoms with E-state index in [1.54, 1.807) is 20.3 Å². The maximum atomic E-state index is 12.5. The van der Waals surface area contributed by atoms with Crippen LogP contribution in [0, 0.1) is 0 Å². The first-order valence-corrected chi connectivity index (χ1v) is 14.1. The number of allylic oxidation sites excluding steroid dienone is 4. The Balaban J connectivity index is 1.46. The van der Waals surface area contributed by atoms with E-state index in [1.165, 1.54) is 11.9 Å². The van der Waals surface area contributed by atoms with E-state index in [2.05, 4.69) is 32.4 Å². The lowest BCUT2D eigenvalue weighted by Gasteiger charge is -2.15. The molecule has 1 amide bonds. The fraction of sp³-hybridized carbons (Fsp3) is 0.156. The van der Waals surface area contributed by atoms with Gasteiger partial charge in [0.05, 0.1) is 20.8 Å². The predicted molar refractivity (Wildman–Crippen MR) is 172 cm³/mol. The van der Waals surface area contributed by atoms with E-state index in [9.17, 15) is 4.79 Å². The van der Waals surface area contributed by atoms with Crippen LogP contribution in [0.2, 0.25) is 0 Å². The molecule has 0 aliphatic heterocycles. The monoisotopic (exact) mass is 582 g/mol. The number of nitrogens with one attached hydrogen (secondary N) is 4. The van der Waals surface area contributed by atoms with Crippen LogP contribution in [-0.4, -0.2) is 39.1 Å². The number of hydrogen-bond acceptors (Lipinski definition) is 9. The highest BCUT2D eigenvalue weighted by molar-refractivity contribution is 7.97. The summed E-state index contributed by atoms with van der Waals surface area (Å²) in [6, 6.07) is 23.0. The van der Waals surface area contributed by atoms with Crippen molar-refractivity contribution in [1.82, 2.24) is 10.0 Å². The van der Waals surface area contributed by atoms with Crippen molar-refractivity contribution in [2.24, 2.45) is 9.98 Å². The van der Waals surface area contributed by atoms with Gasteiger partial charge < -0.3 is 30.1 Å². The third kappa shape index (κ3) is 9.39. The lowest BCUT2D eigenvalue weighted by molar-refractivity contribution is -0.115. The molecule has 3 aromatic carbocycles. The van der Waals surface area contributed by atoms with Crippen LogP contribution < -0.4 is 30.1 Å². The molecule has 9 nitrogen and oxygen atoms in total. The van der Waals surface area contributed by atoms with E-state index in [0.29, 0.717) is 47.5 Å². The number of nitrogens with zero attached hydrogens (tertiary/aromatic N) is 2. The molecule has 0 unspecified atom stereocenters. The topological polar surface area (TPSA) is 108 Å². The van der Waals surface area contributed by atoms with Crippen molar-refractivity contribution < 1.29 is 14.3 Å². The molecule has 0 atom stereocenters. The quantitative estimate of drug-likeness (QED) is 0.138. The third-order valence-electron chi connectivity index (χ3n) is 5.96. The van der Waals surface area contributed by atoms with E-state index >= 15 is 0 Å². The Morgan fingerprint density at radius 3 is 2.38 bits per heavy atom. The molecular formula is C32H34N6O3S. The van der Waals surface area contributed by atoms with Crippen molar-refractivity contribution in [2.75, 3.05) is 31.4 Å². The zero-order valence-corrected chi connectivity index (χ0v) is 24.4. The fourth-order valence-electron chi connectivity index (χ4n) is 3.91. The molecule has 1 aliphatic carbocycles. The van der Waals surface area contributed by atoms with E-state index in [4.69, 9.17) is 14.5 Å². The fourth-order valence-corrected chi connectivity index (χ4v) is 4.60. The number of aliphatic imine (C=N–C) groups is 2. The lowest BCUT2D eigenvalue weighted by Crippen LogP contribution is -2.27. The second-order valence-corrected chi connectivity index (χ2v) is 9.93. The molecule has 216 valence electrons. The standard InChI is InChI=1S/C32H34N6O3S/c1-33-31(37-26-17-27(40-2)20-28(18-26)41-3)32(36-24-13-8-5-9-14-24)38-42-29-16-10-15-25(19-29)35-30(39)22-34-21-23-11-6-4-7-12-23/h4-13,15-20,34,37-38H,1,14,21-22H2,2-3H3,(H,35,39)/b32-31-,36-24-. The van der Waals surface area contributed by atoms with Gasteiger partial charge in [0.15, 0.2) is 11.6 Å². The third-order valence-corrected chi connectivity index (χ3v) is 6.74. The van der Waals surface area contributed by atoms with Gasteiger partial charge >= 0.3 is 0 Å². The first-order valence-electron chi connectivity index (χ1n) is 13.3. The van der Waals surface area contributed by atoms with Gasteiger partial charge in [-0.25, -0.2) is 9.98 Å². The van der Waals surface area contributed by atoms with Gasteiger partial charge in [-0.15, -0.1) is 0 Å². The van der Waals surface area contributed by atoms with Gasteiger partial charge in [0.25, 0.3) is 0 Å². The van der Waals surface area contributed by atoms with Crippen molar-refractivity contribution >= 4 is 41.7 Å². The first-order chi connectivity index (χ1) is 20.6. The van der Waals surface area contributed by atoms with Crippen LogP contribution in [0.25, 0.3) is 0 Å². The summed E-state index contributed by atoms with van der Waals surface area (Å²) >= 11 is 1.34. The molecule has 42 heavy (non-hydrogen) atoms. The summed E-state index contributed by atoms with van der Waals surface area (Å²) < 4.78 is 14.1. The Bertz CT molecular complexity index is 1480. The number of rotatable bonds is 14. The zero-order chi connectivity index (χ0) is 29.6. The molecule has 1 aliphatic rings. The van der Waals surface area contributed by atoms with E-state index in [0.717, 1.165) is 16.2 Å². The van der Waals surface area contributed by atoms with Gasteiger partial charge in [-0.05, 0) is 48.5 Å². The Morgan fingerprint density at radius 1 is 0.905 bits per heavy atom. The van der Waals surface area contributed by atoms with Crippen molar-refractivity contribution in [3.63, 3.8) is 0 Å². The van der Waals surface area contributed by atoms with E-state index < -0.39 is 0 Å². The Morgan fingerprint density at radius 2 is 1.69 bits per heavy atom. The summed E-state index contributed by atoms with van der Waals surface area (Å²) in [7, 11) is 3.19. The van der Waals surface area contributed by atoms with Gasteiger partial charge in [-0.3, -0.25) is 4.79 Å². The normalized spacial score (nSPS) is 13.7. The highest BCUT2D eigenvalue weighted by Crippen LogP contribution is 2.28. The number of amides is 1. The SMILES string of the molecule is C=N/C(Nc1cc(OC)cc(OC)c1)=C(\N=C1\C=CC=CC1)NSc1cccc(NC(=O)CNCc2ccccc2)c1. The summed E-state index contributed by atoms with van der Waals surface area (Å²) in [4.78, 5) is 22.4. The maximum absolute atomic E-state index is 12.5. The number of hydrogen-bond donors (Lipinski definition) is 4. The minimum Gasteiger partial charge on any atom is -0.497 e. The number of carbonyl (C=O) groups is 1. The number of anilines is 2. The summed E-state index contributed by atoms with van der Waals surface area (Å²) in [5.41, 5.74) is 3.36. The van der Waals surface area contributed by atoms with Crippen LogP contribution in [0.15, 0.2) is 124 Å². The molecule has 4 rings (SSSR count). The Labute approximate surface area is 250 Å². The van der Waals surface area contributed by atoms with Gasteiger partial charge in [-0.1, -0.05) is 54.6 Å². The van der Waals surface area contributed by atoms with Crippen molar-refractivity contribution in [3.8, 4) is 11.5 Å². The van der Waals surface area contributed by atoms with Crippen molar-refractivity contribution in [1.29, 1.82) is 0 Å². The van der Waals surface area contributed by atoms with E-state index in [1.807, 2.05) is 91.0 Å². The average molecular weight is 583 g/mol. The molecule has 10 heteroatoms. The smallest absolute Gasteiger partial charge is 0.238 e. The van der Waals surface area contributed by atoms with Crippen LogP contribution in [-0.2, 0) is 11.3 Å². The number of ether oxygens (including phenoxy) is 2. The van der Waals surface area contributed by atoms with Crippen LogP contribution in [0.1, 0.15) is 12.0 Å². The largest absolute Gasteiger partial charge is 0.497 e. The number of benzene rings is 3. The predicted octanol–water partition coefficient (Wildman–Crippen LogP) is 5.93. The summed E-state index contributed by atoms with van der Waals surface area (Å²) in [5, 5.41) is 9.39. The average Bonchev–Trinajstić information content (AvgIpc) is 3.03. The molecular weight excluding hydrogens is 548 g/mol. The summed E-state index contributed by atoms with van der Waals surface area (Å²) in [5.74, 6) is 2.03. The highest BCUT2D eigenvalue weighted by Gasteiger charge is 2.11. The summed E-state index contributed by atoms with van der Waals surface area (Å²) in [6.07, 6.45) is 8.59. The molecule has 0 saturated carbocycles. The molecule has 0 spiro atoms. The molecule has 4 N–H and O–H groups in total. The van der Waals surface area contributed by atoms with Crippen molar-refractivity contribution in [3.05, 3.63) is 114 Å². The molecule has 0 radical (unpaired) electrons. The zero-order valence-electron chi connectivity index (χ0n) is 23.6. The van der Waals surface area contributed by atoms with Crippen LogP contribution in [0.3, 0.4) is 0 Å². The second-order valence-electron chi connectivity index (χ2n) is 9.05. The molecule has 0 heterocycles. The minimum absolute atomic E-state index is 0.124. The van der Waals surface area contributed by atoms with Gasteiger partial charge in [0, 0.05) is 53.1 Å². The van der Waals surface area contributed by atoms with E-state index in [-0.39, 0.29) is 12.5 Å². The molecule has 0 bridgehead atoms. The molecule has 0 saturated heterocycles. The van der Waals surface area contributed by atoms with Gasteiger partial charge in [0.1, 0.15) is 11.5 Å². The molecule has 3 aromatic rings. The minimum atomic E-state index is -0.124. The highest BCUT2D eigenvalue weighted by atomic mass is 32.2. The van der Waals surface area contributed by atoms with Crippen LogP contribution in [0.5, 0.6) is 11.5 Å². The lowest BCUT2D eigenvalue weighted by atomic mass is 10.1. The van der Waals surface area contributed by atoms with Crippen molar-refractivity contribution in [2.45, 2.75) is 17.9 Å². The molecule has 0 aromatic heterocycles. The molecule has 0 fully saturated rings. The number of methoxy groups -OCH3 is 2. The Hall–Kier alpha value is -4.80. The first kappa shape index (κ1) is 30.2. The Kier molecular flexibility index (Phi) is 11.4. The van der Waals surface area contributed by atoms with Gasteiger partial charge in [-0.2, -0.15) is 0 Å². The van der Waals surface area contributed by atoms with Crippen LogP contribution >= 0.6 is 11.9 Å². The van der Waals surface area contributed by atoms with Gasteiger partial charge in [0.2, 0.25) is 5.91 Å². The second kappa shape index (κ2) is 15.8. The van der Waals surface area contributed by atoms with Crippen LogP contribution in [0.4, 0.5) is 11.4 Å². The maximum Gasteiger partial charge on any atom is 0.238 e. The number of carbonyl (C=O) groups excluding carboxylic acids is 1.